The van der Waals surface area contributed by atoms with Gasteiger partial charge in [0.15, 0.2) is 17.0 Å². The maximum atomic E-state index is 11.0. The lowest BCUT2D eigenvalue weighted by atomic mass is 9.92. The Kier molecular flexibility index (Phi) is 8.51. The van der Waals surface area contributed by atoms with Crippen molar-refractivity contribution in [2.75, 3.05) is 10.6 Å². The number of hydrogen-bond acceptors (Lipinski definition) is 8. The van der Waals surface area contributed by atoms with Crippen molar-refractivity contribution in [2.24, 2.45) is 5.73 Å². The largest absolute Gasteiger partial charge is 0.351 e. The van der Waals surface area contributed by atoms with Crippen LogP contribution in [0.2, 0.25) is 0 Å². The molecule has 2 fully saturated rings. The van der Waals surface area contributed by atoms with Gasteiger partial charge in [0.05, 0.1) is 11.3 Å². The lowest BCUT2D eigenvalue weighted by Crippen LogP contribution is -2.33. The third-order valence-corrected chi connectivity index (χ3v) is 6.59. The summed E-state index contributed by atoms with van der Waals surface area (Å²) in [7, 11) is 0. The molecule has 0 aliphatic heterocycles. The van der Waals surface area contributed by atoms with Gasteiger partial charge in [-0.1, -0.05) is 12.8 Å². The quantitative estimate of drug-likeness (QED) is 0.308. The third-order valence-electron chi connectivity index (χ3n) is 6.59. The normalized spacial score (nSPS) is 20.4. The number of anilines is 3. The van der Waals surface area contributed by atoms with Gasteiger partial charge in [-0.25, -0.2) is 4.98 Å². The highest BCUT2D eigenvalue weighted by molar-refractivity contribution is 5.87. The zero-order chi connectivity index (χ0) is 22.1. The molecule has 2 saturated carbocycles. The van der Waals surface area contributed by atoms with Gasteiger partial charge in [0.25, 0.3) is 5.69 Å². The second-order valence-electron chi connectivity index (χ2n) is 8.84. The molecule has 1 aromatic carbocycles. The lowest BCUT2D eigenvalue weighted by Gasteiger charge is -2.27. The SMILES string of the molecule is Cl.Cl.NC1CCC(Nc2nc(Nc3ccc([N+](=O)[O-])cc3)c3ncn(C4CCCC4)c3n2)CC1. The first kappa shape index (κ1) is 25.9. The van der Waals surface area contributed by atoms with Crippen molar-refractivity contribution in [1.29, 1.82) is 0 Å². The van der Waals surface area contributed by atoms with Crippen molar-refractivity contribution in [2.45, 2.75) is 69.5 Å². The summed E-state index contributed by atoms with van der Waals surface area (Å²) in [6, 6.07) is 7.28. The summed E-state index contributed by atoms with van der Waals surface area (Å²) in [5.41, 5.74) is 8.33. The molecule has 0 bridgehead atoms. The van der Waals surface area contributed by atoms with Crippen LogP contribution in [0.15, 0.2) is 30.6 Å². The maximum Gasteiger partial charge on any atom is 0.269 e. The van der Waals surface area contributed by atoms with E-state index in [-0.39, 0.29) is 36.5 Å². The lowest BCUT2D eigenvalue weighted by molar-refractivity contribution is -0.384. The summed E-state index contributed by atoms with van der Waals surface area (Å²) in [6.07, 6.45) is 10.5. The van der Waals surface area contributed by atoms with Gasteiger partial charge in [0.1, 0.15) is 0 Å². The molecule has 4 N–H and O–H groups in total. The Hall–Kier alpha value is -2.69. The van der Waals surface area contributed by atoms with Crippen LogP contribution in [0.5, 0.6) is 0 Å². The molecule has 34 heavy (non-hydrogen) atoms. The molecule has 0 saturated heterocycles. The summed E-state index contributed by atoms with van der Waals surface area (Å²) in [6.45, 7) is 0. The Bertz CT molecular complexity index is 1110. The molecule has 2 aliphatic carbocycles. The Morgan fingerprint density at radius 2 is 1.68 bits per heavy atom. The number of nitrogens with one attached hydrogen (secondary N) is 2. The van der Waals surface area contributed by atoms with Crippen molar-refractivity contribution >= 4 is 59.1 Å². The molecular formula is C22H30Cl2N8O2. The van der Waals surface area contributed by atoms with Gasteiger partial charge in [-0.3, -0.25) is 10.1 Å². The van der Waals surface area contributed by atoms with E-state index in [0.717, 1.165) is 44.2 Å². The van der Waals surface area contributed by atoms with Crippen molar-refractivity contribution < 1.29 is 4.92 Å². The van der Waals surface area contributed by atoms with Crippen LogP contribution in [0.25, 0.3) is 11.2 Å². The molecule has 184 valence electrons. The van der Waals surface area contributed by atoms with Gasteiger partial charge in [-0.05, 0) is 50.7 Å². The Morgan fingerprint density at radius 1 is 1.00 bits per heavy atom. The van der Waals surface area contributed by atoms with Crippen molar-refractivity contribution in [3.05, 3.63) is 40.7 Å². The molecule has 2 heterocycles. The first-order valence-electron chi connectivity index (χ1n) is 11.3. The number of nitro benzene ring substituents is 1. The molecular weight excluding hydrogens is 479 g/mol. The highest BCUT2D eigenvalue weighted by atomic mass is 35.5. The molecule has 12 heteroatoms. The number of rotatable bonds is 6. The third kappa shape index (κ3) is 5.51. The summed E-state index contributed by atoms with van der Waals surface area (Å²) in [5.74, 6) is 1.16. The number of nitrogens with zero attached hydrogens (tertiary/aromatic N) is 5. The zero-order valence-electron chi connectivity index (χ0n) is 18.7. The van der Waals surface area contributed by atoms with E-state index in [4.69, 9.17) is 15.7 Å². The zero-order valence-corrected chi connectivity index (χ0v) is 20.4. The first-order valence-corrected chi connectivity index (χ1v) is 11.3. The van der Waals surface area contributed by atoms with Gasteiger partial charge >= 0.3 is 0 Å². The van der Waals surface area contributed by atoms with E-state index >= 15 is 0 Å². The fourth-order valence-corrected chi connectivity index (χ4v) is 4.77. The summed E-state index contributed by atoms with van der Waals surface area (Å²) in [5, 5.41) is 17.8. The average Bonchev–Trinajstić information content (AvgIpc) is 3.46. The molecule has 2 aromatic heterocycles. The molecule has 10 nitrogen and oxygen atoms in total. The van der Waals surface area contributed by atoms with Gasteiger partial charge < -0.3 is 20.9 Å². The summed E-state index contributed by atoms with van der Waals surface area (Å²) >= 11 is 0. The standard InChI is InChI=1S/C22H28N8O2.2ClH/c23-14-5-7-16(8-6-14)26-22-27-20(25-15-9-11-18(12-10-15)30(31)32)19-21(28-22)29(13-24-19)17-3-1-2-4-17;;/h9-14,16-17H,1-8,23H2,(H2,25,26,27,28);2*1H. The van der Waals surface area contributed by atoms with Crippen LogP contribution >= 0.6 is 24.8 Å². The molecule has 0 atom stereocenters. The predicted molar refractivity (Wildman–Crippen MR) is 138 cm³/mol. The number of nitrogens with two attached hydrogens (primary N) is 1. The minimum absolute atomic E-state index is 0. The van der Waals surface area contributed by atoms with E-state index in [1.807, 2.05) is 6.33 Å². The smallest absolute Gasteiger partial charge is 0.269 e. The van der Waals surface area contributed by atoms with Crippen LogP contribution in [0.1, 0.15) is 57.4 Å². The average molecular weight is 509 g/mol. The molecule has 0 amide bonds. The van der Waals surface area contributed by atoms with Crippen molar-refractivity contribution in [3.8, 4) is 0 Å². The van der Waals surface area contributed by atoms with Gasteiger partial charge in [0, 0.05) is 35.9 Å². The second-order valence-corrected chi connectivity index (χ2v) is 8.84. The summed E-state index contributed by atoms with van der Waals surface area (Å²) in [4.78, 5) is 24.8. The fraction of sp³-hybridized carbons (Fsp3) is 0.500. The van der Waals surface area contributed by atoms with E-state index in [0.29, 0.717) is 35.1 Å². The number of nitro groups is 1. The number of hydrogen-bond donors (Lipinski definition) is 3. The maximum absolute atomic E-state index is 11.0. The van der Waals surface area contributed by atoms with Gasteiger partial charge in [0.2, 0.25) is 5.95 Å². The summed E-state index contributed by atoms with van der Waals surface area (Å²) < 4.78 is 2.17. The van der Waals surface area contributed by atoms with Crippen LogP contribution < -0.4 is 16.4 Å². The van der Waals surface area contributed by atoms with Gasteiger partial charge in [-0.15, -0.1) is 24.8 Å². The second kappa shape index (κ2) is 11.2. The molecule has 0 radical (unpaired) electrons. The predicted octanol–water partition coefficient (Wildman–Crippen LogP) is 5.12. The number of fused-ring (bicyclic) bond motifs is 1. The van der Waals surface area contributed by atoms with Crippen LogP contribution in [0.4, 0.5) is 23.1 Å². The Balaban J connectivity index is 0.00000162. The van der Waals surface area contributed by atoms with Crippen molar-refractivity contribution in [3.63, 3.8) is 0 Å². The van der Waals surface area contributed by atoms with Crippen LogP contribution in [-0.4, -0.2) is 36.5 Å². The number of benzene rings is 1. The molecule has 0 spiro atoms. The number of non-ortho nitro benzene ring substituents is 1. The Labute approximate surface area is 210 Å². The van der Waals surface area contributed by atoms with Crippen LogP contribution in [-0.2, 0) is 0 Å². The van der Waals surface area contributed by atoms with Crippen LogP contribution in [0.3, 0.4) is 0 Å². The minimum atomic E-state index is -0.409. The number of imidazole rings is 1. The number of aromatic nitrogens is 4. The monoisotopic (exact) mass is 508 g/mol. The van der Waals surface area contributed by atoms with Gasteiger partial charge in [-0.2, -0.15) is 9.97 Å². The van der Waals surface area contributed by atoms with E-state index in [1.54, 1.807) is 12.1 Å². The fourth-order valence-electron chi connectivity index (χ4n) is 4.77. The Morgan fingerprint density at radius 3 is 2.32 bits per heavy atom. The topological polar surface area (TPSA) is 137 Å². The van der Waals surface area contributed by atoms with E-state index < -0.39 is 4.92 Å². The highest BCUT2D eigenvalue weighted by Gasteiger charge is 2.24. The molecule has 2 aliphatic rings. The highest BCUT2D eigenvalue weighted by Crippen LogP contribution is 2.34. The number of halogens is 2. The molecule has 0 unspecified atom stereocenters. The van der Waals surface area contributed by atoms with Crippen LogP contribution in [0, 0.1) is 10.1 Å². The first-order chi connectivity index (χ1) is 15.6. The minimum Gasteiger partial charge on any atom is -0.351 e. The molecule has 3 aromatic rings. The van der Waals surface area contributed by atoms with E-state index in [1.165, 1.54) is 25.0 Å². The van der Waals surface area contributed by atoms with Crippen molar-refractivity contribution in [1.82, 2.24) is 19.5 Å². The van der Waals surface area contributed by atoms with E-state index in [9.17, 15) is 10.1 Å². The molecule has 5 rings (SSSR count). The van der Waals surface area contributed by atoms with E-state index in [2.05, 4.69) is 20.2 Å².